The van der Waals surface area contributed by atoms with Gasteiger partial charge < -0.3 is 15.8 Å². The molecule has 0 aliphatic rings. The number of ether oxygens (including phenoxy) is 1. The number of aryl methyl sites for hydroxylation is 1. The van der Waals surface area contributed by atoms with Crippen LogP contribution in [0, 0.1) is 12.7 Å². The summed E-state index contributed by atoms with van der Waals surface area (Å²) in [6.07, 6.45) is -0.718. The monoisotopic (exact) mass is 226 g/mol. The highest BCUT2D eigenvalue weighted by atomic mass is 19.1. The zero-order chi connectivity index (χ0) is 12.1. The first-order chi connectivity index (χ1) is 7.58. The van der Waals surface area contributed by atoms with E-state index in [1.165, 1.54) is 13.2 Å². The third kappa shape index (κ3) is 3.01. The van der Waals surface area contributed by atoms with Crippen molar-refractivity contribution in [2.75, 3.05) is 19.0 Å². The van der Waals surface area contributed by atoms with E-state index in [1.54, 1.807) is 19.1 Å². The molecule has 0 radical (unpaired) electrons. The second-order valence-electron chi connectivity index (χ2n) is 3.41. The van der Waals surface area contributed by atoms with Crippen LogP contribution in [0.1, 0.15) is 5.56 Å². The molecule has 0 aliphatic heterocycles. The fourth-order valence-electron chi connectivity index (χ4n) is 1.20. The minimum atomic E-state index is -0.718. The van der Waals surface area contributed by atoms with Gasteiger partial charge in [-0.25, -0.2) is 4.39 Å². The van der Waals surface area contributed by atoms with Crippen LogP contribution >= 0.6 is 0 Å². The van der Waals surface area contributed by atoms with Gasteiger partial charge in [-0.2, -0.15) is 0 Å². The van der Waals surface area contributed by atoms with Gasteiger partial charge >= 0.3 is 0 Å². The number of carbonyl (C=O) groups is 1. The number of hydrogen-bond acceptors (Lipinski definition) is 3. The number of carbonyl (C=O) groups excluding carboxylic acids is 1. The molecule has 1 aromatic carbocycles. The maximum atomic E-state index is 13.2. The molecule has 3 N–H and O–H groups in total. The Morgan fingerprint density at radius 1 is 1.62 bits per heavy atom. The van der Waals surface area contributed by atoms with Crippen molar-refractivity contribution < 1.29 is 13.9 Å². The average Bonchev–Trinajstić information content (AvgIpc) is 2.25. The van der Waals surface area contributed by atoms with Crippen LogP contribution in [0.4, 0.5) is 10.1 Å². The van der Waals surface area contributed by atoms with Crippen molar-refractivity contribution >= 4 is 11.6 Å². The van der Waals surface area contributed by atoms with Crippen LogP contribution in [0.25, 0.3) is 0 Å². The van der Waals surface area contributed by atoms with E-state index in [0.717, 1.165) is 0 Å². The summed E-state index contributed by atoms with van der Waals surface area (Å²) in [5, 5.41) is 2.53. The first-order valence-corrected chi connectivity index (χ1v) is 4.88. The summed E-state index contributed by atoms with van der Waals surface area (Å²) in [4.78, 5) is 11.5. The SMILES string of the molecule is COC(CN)C(=O)Nc1ccc(C)c(F)c1. The third-order valence-electron chi connectivity index (χ3n) is 2.23. The summed E-state index contributed by atoms with van der Waals surface area (Å²) in [7, 11) is 1.40. The molecule has 1 amide bonds. The molecule has 16 heavy (non-hydrogen) atoms. The first-order valence-electron chi connectivity index (χ1n) is 4.88. The molecule has 1 rings (SSSR count). The summed E-state index contributed by atoms with van der Waals surface area (Å²) in [6, 6.07) is 4.48. The van der Waals surface area contributed by atoms with E-state index in [0.29, 0.717) is 11.3 Å². The van der Waals surface area contributed by atoms with E-state index in [9.17, 15) is 9.18 Å². The number of hydrogen-bond donors (Lipinski definition) is 2. The van der Waals surface area contributed by atoms with Gasteiger partial charge in [0.2, 0.25) is 0 Å². The van der Waals surface area contributed by atoms with Crippen molar-refractivity contribution in [1.29, 1.82) is 0 Å². The van der Waals surface area contributed by atoms with Crippen LogP contribution in [-0.4, -0.2) is 25.7 Å². The predicted octanol–water partition coefficient (Wildman–Crippen LogP) is 1.05. The summed E-state index contributed by atoms with van der Waals surface area (Å²) in [6.45, 7) is 1.73. The highest BCUT2D eigenvalue weighted by Crippen LogP contribution is 2.13. The minimum Gasteiger partial charge on any atom is -0.370 e. The second-order valence-corrected chi connectivity index (χ2v) is 3.41. The lowest BCUT2D eigenvalue weighted by molar-refractivity contribution is -0.125. The van der Waals surface area contributed by atoms with E-state index < -0.39 is 6.10 Å². The molecule has 0 heterocycles. The molecule has 4 nitrogen and oxygen atoms in total. The Morgan fingerprint density at radius 3 is 2.81 bits per heavy atom. The number of halogens is 1. The number of anilines is 1. The Morgan fingerprint density at radius 2 is 2.31 bits per heavy atom. The lowest BCUT2D eigenvalue weighted by Crippen LogP contribution is -2.35. The molecule has 0 saturated carbocycles. The second kappa shape index (κ2) is 5.58. The molecule has 88 valence electrons. The number of nitrogens with one attached hydrogen (secondary N) is 1. The van der Waals surface area contributed by atoms with Crippen molar-refractivity contribution in [3.05, 3.63) is 29.6 Å². The molecule has 1 unspecified atom stereocenters. The summed E-state index contributed by atoms with van der Waals surface area (Å²) in [5.41, 5.74) is 6.25. The van der Waals surface area contributed by atoms with E-state index >= 15 is 0 Å². The molecule has 0 aromatic heterocycles. The maximum absolute atomic E-state index is 13.2. The Kier molecular flexibility index (Phi) is 4.39. The maximum Gasteiger partial charge on any atom is 0.254 e. The van der Waals surface area contributed by atoms with Gasteiger partial charge in [-0.3, -0.25) is 4.79 Å². The van der Waals surface area contributed by atoms with E-state index in [-0.39, 0.29) is 18.3 Å². The molecule has 5 heteroatoms. The highest BCUT2D eigenvalue weighted by Gasteiger charge is 2.15. The average molecular weight is 226 g/mol. The minimum absolute atomic E-state index is 0.0800. The van der Waals surface area contributed by atoms with E-state index in [1.807, 2.05) is 0 Å². The zero-order valence-electron chi connectivity index (χ0n) is 9.29. The Hall–Kier alpha value is -1.46. The molecular weight excluding hydrogens is 211 g/mol. The number of methoxy groups -OCH3 is 1. The van der Waals surface area contributed by atoms with Crippen LogP contribution in [0.5, 0.6) is 0 Å². The fourth-order valence-corrected chi connectivity index (χ4v) is 1.20. The van der Waals surface area contributed by atoms with Crippen LogP contribution in [0.3, 0.4) is 0 Å². The molecule has 0 fully saturated rings. The first kappa shape index (κ1) is 12.6. The highest BCUT2D eigenvalue weighted by molar-refractivity contribution is 5.94. The summed E-state index contributed by atoms with van der Waals surface area (Å²) >= 11 is 0. The van der Waals surface area contributed by atoms with Gasteiger partial charge in [0.15, 0.2) is 0 Å². The molecular formula is C11H15FN2O2. The fraction of sp³-hybridized carbons (Fsp3) is 0.364. The van der Waals surface area contributed by atoms with Gasteiger partial charge in [0.05, 0.1) is 0 Å². The van der Waals surface area contributed by atoms with Crippen molar-refractivity contribution in [3.63, 3.8) is 0 Å². The van der Waals surface area contributed by atoms with Crippen LogP contribution in [-0.2, 0) is 9.53 Å². The van der Waals surface area contributed by atoms with Crippen molar-refractivity contribution in [1.82, 2.24) is 0 Å². The topological polar surface area (TPSA) is 64.3 Å². The van der Waals surface area contributed by atoms with Gasteiger partial charge in [-0.1, -0.05) is 6.07 Å². The molecule has 0 aliphatic carbocycles. The van der Waals surface area contributed by atoms with Crippen molar-refractivity contribution in [3.8, 4) is 0 Å². The zero-order valence-corrected chi connectivity index (χ0v) is 9.29. The Labute approximate surface area is 93.6 Å². The van der Waals surface area contributed by atoms with Crippen LogP contribution in [0.2, 0.25) is 0 Å². The van der Waals surface area contributed by atoms with Crippen LogP contribution in [0.15, 0.2) is 18.2 Å². The van der Waals surface area contributed by atoms with Crippen molar-refractivity contribution in [2.45, 2.75) is 13.0 Å². The smallest absolute Gasteiger partial charge is 0.254 e. The van der Waals surface area contributed by atoms with Gasteiger partial charge in [-0.05, 0) is 24.6 Å². The molecule has 1 aromatic rings. The number of amides is 1. The lowest BCUT2D eigenvalue weighted by Gasteiger charge is -2.13. The van der Waals surface area contributed by atoms with Gasteiger partial charge in [0.1, 0.15) is 11.9 Å². The molecule has 0 spiro atoms. The molecule has 0 saturated heterocycles. The Balaban J connectivity index is 2.73. The number of nitrogens with two attached hydrogens (primary N) is 1. The Bertz CT molecular complexity index is 378. The van der Waals surface area contributed by atoms with Gasteiger partial charge in [-0.15, -0.1) is 0 Å². The summed E-state index contributed by atoms with van der Waals surface area (Å²) < 4.78 is 18.0. The number of rotatable bonds is 4. The van der Waals surface area contributed by atoms with E-state index in [4.69, 9.17) is 10.5 Å². The van der Waals surface area contributed by atoms with Crippen molar-refractivity contribution in [2.24, 2.45) is 5.73 Å². The van der Waals surface area contributed by atoms with Gasteiger partial charge in [0, 0.05) is 19.3 Å². The third-order valence-corrected chi connectivity index (χ3v) is 2.23. The predicted molar refractivity (Wildman–Crippen MR) is 59.6 cm³/mol. The molecule has 1 atom stereocenters. The normalized spacial score (nSPS) is 12.2. The number of benzene rings is 1. The molecule has 0 bridgehead atoms. The summed E-state index contributed by atoms with van der Waals surface area (Å²) in [5.74, 6) is -0.743. The largest absolute Gasteiger partial charge is 0.370 e. The standard InChI is InChI=1S/C11H15FN2O2/c1-7-3-4-8(5-9(7)12)14-11(15)10(6-13)16-2/h3-5,10H,6,13H2,1-2H3,(H,14,15). The van der Waals surface area contributed by atoms with E-state index in [2.05, 4.69) is 5.32 Å². The quantitative estimate of drug-likeness (QED) is 0.806. The van der Waals surface area contributed by atoms with Gasteiger partial charge in [0.25, 0.3) is 5.91 Å². The lowest BCUT2D eigenvalue weighted by atomic mass is 10.2. The van der Waals surface area contributed by atoms with Crippen LogP contribution < -0.4 is 11.1 Å².